The molecule has 1 fully saturated rings. The summed E-state index contributed by atoms with van der Waals surface area (Å²) in [6.45, 7) is 3.20. The Morgan fingerprint density at radius 1 is 1.04 bits per heavy atom. The number of aromatic nitrogens is 2. The van der Waals surface area contributed by atoms with Crippen LogP contribution < -0.4 is 4.90 Å². The molecule has 0 N–H and O–H groups in total. The molecule has 0 saturated carbocycles. The van der Waals surface area contributed by atoms with Crippen molar-refractivity contribution in [2.75, 3.05) is 36.8 Å². The first-order valence-corrected chi connectivity index (χ1v) is 10.7. The van der Waals surface area contributed by atoms with Gasteiger partial charge in [-0.15, -0.1) is 5.10 Å². The quantitative estimate of drug-likeness (QED) is 0.787. The lowest BCUT2D eigenvalue weighted by Gasteiger charge is -2.35. The minimum absolute atomic E-state index is 0.0225. The third-order valence-electron chi connectivity index (χ3n) is 5.08. The van der Waals surface area contributed by atoms with Gasteiger partial charge in [0.2, 0.25) is 0 Å². The standard InChI is InChI=1S/C18H20F2N4O2S/c19-15-2-1-13(16(20)10-15)11-23-4-6-24(7-5-23)18-9-14-12-27(25,26)8-3-17(14)21-22-18/h1-2,9-10H,3-8,11-12H2. The van der Waals surface area contributed by atoms with Crippen LogP contribution in [0.25, 0.3) is 0 Å². The summed E-state index contributed by atoms with van der Waals surface area (Å²) in [5.74, 6) is -0.270. The summed E-state index contributed by atoms with van der Waals surface area (Å²) < 4.78 is 50.5. The second-order valence-electron chi connectivity index (χ2n) is 7.02. The van der Waals surface area contributed by atoms with Gasteiger partial charge in [-0.3, -0.25) is 4.90 Å². The molecule has 1 aromatic heterocycles. The topological polar surface area (TPSA) is 66.4 Å². The van der Waals surface area contributed by atoms with Crippen LogP contribution in [0.2, 0.25) is 0 Å². The van der Waals surface area contributed by atoms with Crippen molar-refractivity contribution in [3.63, 3.8) is 0 Å². The average molecular weight is 394 g/mol. The summed E-state index contributed by atoms with van der Waals surface area (Å²) in [6.07, 6.45) is 0.419. The van der Waals surface area contributed by atoms with Gasteiger partial charge in [0, 0.05) is 50.8 Å². The zero-order valence-electron chi connectivity index (χ0n) is 14.7. The van der Waals surface area contributed by atoms with Gasteiger partial charge < -0.3 is 4.90 Å². The third-order valence-corrected chi connectivity index (χ3v) is 6.65. The van der Waals surface area contributed by atoms with Gasteiger partial charge >= 0.3 is 0 Å². The van der Waals surface area contributed by atoms with Crippen LogP contribution in [0.1, 0.15) is 16.8 Å². The highest BCUT2D eigenvalue weighted by Gasteiger charge is 2.25. The predicted molar refractivity (Wildman–Crippen MR) is 97.1 cm³/mol. The number of rotatable bonds is 3. The third kappa shape index (κ3) is 4.08. The van der Waals surface area contributed by atoms with E-state index in [2.05, 4.69) is 20.0 Å². The first kappa shape index (κ1) is 18.2. The van der Waals surface area contributed by atoms with Crippen molar-refractivity contribution in [3.8, 4) is 0 Å². The van der Waals surface area contributed by atoms with Crippen molar-refractivity contribution < 1.29 is 17.2 Å². The van der Waals surface area contributed by atoms with E-state index < -0.39 is 21.5 Å². The second kappa shape index (κ2) is 7.12. The number of anilines is 1. The number of sulfone groups is 1. The Bertz CT molecular complexity index is 960. The molecule has 2 aliphatic heterocycles. The highest BCUT2D eigenvalue weighted by Crippen LogP contribution is 2.23. The van der Waals surface area contributed by atoms with Gasteiger partial charge in [-0.1, -0.05) is 6.07 Å². The van der Waals surface area contributed by atoms with Gasteiger partial charge in [0.25, 0.3) is 0 Å². The summed E-state index contributed by atoms with van der Waals surface area (Å²) in [7, 11) is -3.05. The van der Waals surface area contributed by atoms with Crippen LogP contribution in [0.5, 0.6) is 0 Å². The van der Waals surface area contributed by atoms with E-state index >= 15 is 0 Å². The minimum atomic E-state index is -3.05. The van der Waals surface area contributed by atoms with Crippen LogP contribution in [0.3, 0.4) is 0 Å². The predicted octanol–water partition coefficient (Wildman–Crippen LogP) is 1.55. The number of fused-ring (bicyclic) bond motifs is 1. The molecule has 2 aromatic rings. The number of hydrogen-bond donors (Lipinski definition) is 0. The maximum atomic E-state index is 13.8. The smallest absolute Gasteiger partial charge is 0.154 e. The van der Waals surface area contributed by atoms with E-state index in [0.29, 0.717) is 50.5 Å². The van der Waals surface area contributed by atoms with Crippen LogP contribution in [-0.2, 0) is 28.6 Å². The lowest BCUT2D eigenvalue weighted by Crippen LogP contribution is -2.46. The van der Waals surface area contributed by atoms with E-state index in [0.717, 1.165) is 17.3 Å². The minimum Gasteiger partial charge on any atom is -0.353 e. The molecule has 0 spiro atoms. The van der Waals surface area contributed by atoms with E-state index in [1.807, 2.05) is 6.07 Å². The highest BCUT2D eigenvalue weighted by molar-refractivity contribution is 7.90. The Balaban J connectivity index is 1.41. The molecule has 0 bridgehead atoms. The van der Waals surface area contributed by atoms with Crippen molar-refractivity contribution in [1.29, 1.82) is 0 Å². The largest absolute Gasteiger partial charge is 0.353 e. The number of hydrogen-bond acceptors (Lipinski definition) is 6. The van der Waals surface area contributed by atoms with Gasteiger partial charge in [-0.25, -0.2) is 17.2 Å². The molecule has 3 heterocycles. The number of aryl methyl sites for hydroxylation is 1. The fourth-order valence-corrected chi connectivity index (χ4v) is 4.89. The fraction of sp³-hybridized carbons (Fsp3) is 0.444. The Kier molecular flexibility index (Phi) is 4.81. The molecular weight excluding hydrogens is 374 g/mol. The molecule has 1 saturated heterocycles. The summed E-state index contributed by atoms with van der Waals surface area (Å²) in [5.41, 5.74) is 1.98. The van der Waals surface area contributed by atoms with Crippen LogP contribution in [0.4, 0.5) is 14.6 Å². The summed E-state index contributed by atoms with van der Waals surface area (Å²) >= 11 is 0. The van der Waals surface area contributed by atoms with Crippen LogP contribution in [-0.4, -0.2) is 55.4 Å². The first-order valence-electron chi connectivity index (χ1n) is 8.87. The van der Waals surface area contributed by atoms with Gasteiger partial charge in [0.05, 0.1) is 17.2 Å². The van der Waals surface area contributed by atoms with E-state index in [-0.39, 0.29) is 11.5 Å². The molecule has 0 unspecified atom stereocenters. The van der Waals surface area contributed by atoms with Crippen molar-refractivity contribution in [3.05, 3.63) is 52.7 Å². The molecule has 144 valence electrons. The van der Waals surface area contributed by atoms with Gasteiger partial charge in [-0.05, 0) is 17.7 Å². The van der Waals surface area contributed by atoms with E-state index in [1.165, 1.54) is 12.1 Å². The Labute approximate surface area is 156 Å². The van der Waals surface area contributed by atoms with Crippen LogP contribution >= 0.6 is 0 Å². The monoisotopic (exact) mass is 394 g/mol. The number of benzene rings is 1. The Hall–Kier alpha value is -2.13. The van der Waals surface area contributed by atoms with Crippen LogP contribution in [0.15, 0.2) is 24.3 Å². The molecule has 9 heteroatoms. The number of halogens is 2. The molecule has 4 rings (SSSR count). The van der Waals surface area contributed by atoms with Crippen molar-refractivity contribution in [1.82, 2.24) is 15.1 Å². The lowest BCUT2D eigenvalue weighted by molar-refractivity contribution is 0.246. The average Bonchev–Trinajstić information content (AvgIpc) is 2.63. The molecule has 0 radical (unpaired) electrons. The zero-order valence-corrected chi connectivity index (χ0v) is 15.6. The maximum absolute atomic E-state index is 13.8. The van der Waals surface area contributed by atoms with Crippen molar-refractivity contribution >= 4 is 15.7 Å². The number of piperazine rings is 1. The summed E-state index contributed by atoms with van der Waals surface area (Å²) in [6, 6.07) is 5.48. The number of nitrogens with zero attached hydrogens (tertiary/aromatic N) is 4. The molecule has 27 heavy (non-hydrogen) atoms. The Morgan fingerprint density at radius 3 is 2.56 bits per heavy atom. The molecule has 6 nitrogen and oxygen atoms in total. The van der Waals surface area contributed by atoms with E-state index in [1.54, 1.807) is 0 Å². The van der Waals surface area contributed by atoms with Crippen molar-refractivity contribution in [2.45, 2.75) is 18.7 Å². The van der Waals surface area contributed by atoms with E-state index in [9.17, 15) is 17.2 Å². The summed E-state index contributed by atoms with van der Waals surface area (Å²) in [5, 5.41) is 8.47. The molecule has 0 amide bonds. The second-order valence-corrected chi connectivity index (χ2v) is 9.20. The van der Waals surface area contributed by atoms with Crippen LogP contribution in [0, 0.1) is 11.6 Å². The first-order chi connectivity index (χ1) is 12.9. The SMILES string of the molecule is O=S1(=O)CCc2nnc(N3CCN(Cc4ccc(F)cc4F)CC3)cc2C1. The van der Waals surface area contributed by atoms with Gasteiger partial charge in [0.15, 0.2) is 15.7 Å². The molecule has 2 aliphatic rings. The van der Waals surface area contributed by atoms with Crippen molar-refractivity contribution in [2.24, 2.45) is 0 Å². The summed E-state index contributed by atoms with van der Waals surface area (Å²) in [4.78, 5) is 4.16. The molecular formula is C18H20F2N4O2S. The Morgan fingerprint density at radius 2 is 1.81 bits per heavy atom. The zero-order chi connectivity index (χ0) is 19.0. The highest BCUT2D eigenvalue weighted by atomic mass is 32.2. The maximum Gasteiger partial charge on any atom is 0.154 e. The normalized spacial score (nSPS) is 19.7. The fourth-order valence-electron chi connectivity index (χ4n) is 3.52. The molecule has 0 atom stereocenters. The van der Waals surface area contributed by atoms with Gasteiger partial charge in [0.1, 0.15) is 11.6 Å². The van der Waals surface area contributed by atoms with E-state index in [4.69, 9.17) is 0 Å². The molecule has 1 aromatic carbocycles. The van der Waals surface area contributed by atoms with Gasteiger partial charge in [-0.2, -0.15) is 5.10 Å². The molecule has 0 aliphatic carbocycles. The lowest BCUT2D eigenvalue weighted by atomic mass is 10.1.